The zero-order chi connectivity index (χ0) is 9.47. The first-order valence-electron chi connectivity index (χ1n) is 4.37. The van der Waals surface area contributed by atoms with E-state index in [1.165, 1.54) is 24.5 Å². The second-order valence-corrected chi connectivity index (χ2v) is 6.52. The second kappa shape index (κ2) is 3.20. The largest absolute Gasteiger partial charge is 0.362 e. The van der Waals surface area contributed by atoms with Crippen molar-refractivity contribution >= 4 is 21.6 Å². The molecule has 0 unspecified atom stereocenters. The fourth-order valence-electron chi connectivity index (χ4n) is 1.85. The van der Waals surface area contributed by atoms with Gasteiger partial charge in [-0.1, -0.05) is 0 Å². The van der Waals surface area contributed by atoms with Crippen LogP contribution in [0.3, 0.4) is 0 Å². The highest BCUT2D eigenvalue weighted by Gasteiger charge is 2.32. The Morgan fingerprint density at radius 3 is 3.08 bits per heavy atom. The molecular weight excluding hydrogens is 206 g/mol. The van der Waals surface area contributed by atoms with Gasteiger partial charge in [0.15, 0.2) is 9.84 Å². The van der Waals surface area contributed by atoms with Gasteiger partial charge in [0.05, 0.1) is 10.4 Å². The highest BCUT2D eigenvalue weighted by atomic mass is 32.2. The molecule has 1 atom stereocenters. The van der Waals surface area contributed by atoms with Crippen molar-refractivity contribution in [2.24, 2.45) is 0 Å². The van der Waals surface area contributed by atoms with E-state index in [0.29, 0.717) is 6.04 Å². The quantitative estimate of drug-likeness (QED) is 0.660. The van der Waals surface area contributed by atoms with Gasteiger partial charge in [0.25, 0.3) is 0 Å². The average Bonchev–Trinajstić information content (AvgIpc) is 2.50. The maximum absolute atomic E-state index is 11.1. The lowest BCUT2D eigenvalue weighted by atomic mass is 10.2. The summed E-state index contributed by atoms with van der Waals surface area (Å²) in [6, 6.07) is 0.595. The normalized spacial score (nSPS) is 31.3. The van der Waals surface area contributed by atoms with E-state index in [0.717, 1.165) is 17.3 Å². The van der Waals surface area contributed by atoms with Gasteiger partial charge >= 0.3 is 0 Å². The van der Waals surface area contributed by atoms with Crippen molar-refractivity contribution in [3.8, 4) is 0 Å². The fraction of sp³-hybridized carbons (Fsp3) is 0.750. The molecule has 2 fully saturated rings. The molecule has 3 nitrogen and oxygen atoms in total. The van der Waals surface area contributed by atoms with E-state index in [-0.39, 0.29) is 0 Å². The molecule has 0 N–H and O–H groups in total. The van der Waals surface area contributed by atoms with E-state index in [1.807, 2.05) is 0 Å². The van der Waals surface area contributed by atoms with Gasteiger partial charge in [-0.2, -0.15) is 0 Å². The summed E-state index contributed by atoms with van der Waals surface area (Å²) in [5, 5.41) is 2.35. The number of sulfone groups is 1. The summed E-state index contributed by atoms with van der Waals surface area (Å²) in [5.41, 5.74) is 0. The second-order valence-electron chi connectivity index (χ2n) is 3.59. The number of nitrogens with zero attached hydrogens (tertiary/aromatic N) is 1. The Balaban J connectivity index is 2.22. The van der Waals surface area contributed by atoms with Crippen LogP contribution in [-0.4, -0.2) is 37.9 Å². The minimum absolute atomic E-state index is 0.595. The number of hydrogen-bond donors (Lipinski definition) is 0. The van der Waals surface area contributed by atoms with Crippen molar-refractivity contribution in [1.29, 1.82) is 0 Å². The summed E-state index contributed by atoms with van der Waals surface area (Å²) in [6.45, 7) is 1.03. The highest BCUT2D eigenvalue weighted by Crippen LogP contribution is 2.38. The summed E-state index contributed by atoms with van der Waals surface area (Å²) in [4.78, 5) is 2.23. The van der Waals surface area contributed by atoms with Crippen LogP contribution in [0, 0.1) is 0 Å². The molecule has 0 spiro atoms. The van der Waals surface area contributed by atoms with Crippen molar-refractivity contribution in [3.63, 3.8) is 0 Å². The molecule has 13 heavy (non-hydrogen) atoms. The first-order valence-corrected chi connectivity index (χ1v) is 7.31. The lowest BCUT2D eigenvalue weighted by molar-refractivity contribution is 0.383. The molecule has 74 valence electrons. The third kappa shape index (κ3) is 2.02. The Hall–Kier alpha value is -0.160. The van der Waals surface area contributed by atoms with E-state index in [1.54, 1.807) is 11.8 Å². The van der Waals surface area contributed by atoms with Crippen molar-refractivity contribution in [2.45, 2.75) is 18.9 Å². The van der Waals surface area contributed by atoms with E-state index in [9.17, 15) is 8.42 Å². The molecule has 5 heteroatoms. The molecule has 0 amide bonds. The Morgan fingerprint density at radius 1 is 1.62 bits per heavy atom. The molecule has 2 rings (SSSR count). The van der Waals surface area contributed by atoms with Crippen LogP contribution in [0.25, 0.3) is 0 Å². The van der Waals surface area contributed by atoms with Gasteiger partial charge in [0.1, 0.15) is 0 Å². The van der Waals surface area contributed by atoms with Crippen molar-refractivity contribution < 1.29 is 8.42 Å². The summed E-state index contributed by atoms with van der Waals surface area (Å²) in [5.74, 6) is 1.06. The van der Waals surface area contributed by atoms with Gasteiger partial charge in [-0.05, 0) is 12.8 Å². The minimum Gasteiger partial charge on any atom is -0.362 e. The summed E-state index contributed by atoms with van der Waals surface area (Å²) in [7, 11) is -2.97. The van der Waals surface area contributed by atoms with Crippen LogP contribution in [0.5, 0.6) is 0 Å². The Kier molecular flexibility index (Phi) is 2.32. The average molecular weight is 219 g/mol. The van der Waals surface area contributed by atoms with Gasteiger partial charge in [-0.25, -0.2) is 8.42 Å². The zero-order valence-electron chi connectivity index (χ0n) is 7.56. The maximum atomic E-state index is 11.1. The molecular formula is C8H13NO2S2. The van der Waals surface area contributed by atoms with Crippen molar-refractivity contribution in [2.75, 3.05) is 18.6 Å². The van der Waals surface area contributed by atoms with Gasteiger partial charge in [0.2, 0.25) is 0 Å². The molecule has 2 saturated heterocycles. The van der Waals surface area contributed by atoms with Crippen LogP contribution in [0.4, 0.5) is 0 Å². The highest BCUT2D eigenvalue weighted by molar-refractivity contribution is 8.04. The maximum Gasteiger partial charge on any atom is 0.171 e. The van der Waals surface area contributed by atoms with Gasteiger partial charge in [0, 0.05) is 24.6 Å². The smallest absolute Gasteiger partial charge is 0.171 e. The summed E-state index contributed by atoms with van der Waals surface area (Å²) >= 11 is 1.67. The standard InChI is InChI=1S/C8H13NO2S2/c1-13(10,11)6-8-9-4-2-3-7(9)5-12-8/h6-7H,2-5H2,1H3/b8-6-/t7-/m0/s1. The van der Waals surface area contributed by atoms with E-state index in [2.05, 4.69) is 4.90 Å². The molecule has 0 saturated carbocycles. The first kappa shape index (κ1) is 9.40. The van der Waals surface area contributed by atoms with E-state index < -0.39 is 9.84 Å². The number of thioether (sulfide) groups is 1. The van der Waals surface area contributed by atoms with Crippen LogP contribution in [0.15, 0.2) is 10.4 Å². The molecule has 0 aromatic rings. The zero-order valence-corrected chi connectivity index (χ0v) is 9.20. The topological polar surface area (TPSA) is 37.4 Å². The Labute approximate surface area is 83.1 Å². The molecule has 2 heterocycles. The summed E-state index contributed by atoms with van der Waals surface area (Å²) in [6.07, 6.45) is 3.67. The van der Waals surface area contributed by atoms with Crippen LogP contribution >= 0.6 is 11.8 Å². The van der Waals surface area contributed by atoms with Crippen LogP contribution in [-0.2, 0) is 9.84 Å². The summed E-state index contributed by atoms with van der Waals surface area (Å²) < 4.78 is 22.1. The van der Waals surface area contributed by atoms with Crippen LogP contribution < -0.4 is 0 Å². The van der Waals surface area contributed by atoms with Gasteiger partial charge in [-0.3, -0.25) is 0 Å². The van der Waals surface area contributed by atoms with E-state index >= 15 is 0 Å². The first-order chi connectivity index (χ1) is 6.06. The third-order valence-corrected chi connectivity index (χ3v) is 4.40. The Morgan fingerprint density at radius 2 is 2.38 bits per heavy atom. The molecule has 0 aliphatic carbocycles. The number of hydrogen-bond acceptors (Lipinski definition) is 4. The van der Waals surface area contributed by atoms with Crippen LogP contribution in [0.1, 0.15) is 12.8 Å². The third-order valence-electron chi connectivity index (χ3n) is 2.40. The lowest BCUT2D eigenvalue weighted by Gasteiger charge is -2.17. The van der Waals surface area contributed by atoms with Crippen LogP contribution in [0.2, 0.25) is 0 Å². The lowest BCUT2D eigenvalue weighted by Crippen LogP contribution is -2.22. The molecule has 0 aromatic carbocycles. The predicted octanol–water partition coefficient (Wildman–Crippen LogP) is 1.04. The fourth-order valence-corrected chi connectivity index (χ4v) is 4.26. The molecule has 2 aliphatic heterocycles. The number of rotatable bonds is 1. The van der Waals surface area contributed by atoms with Gasteiger partial charge < -0.3 is 4.90 Å². The monoisotopic (exact) mass is 219 g/mol. The minimum atomic E-state index is -2.97. The van der Waals surface area contributed by atoms with E-state index in [4.69, 9.17) is 0 Å². The molecule has 0 bridgehead atoms. The van der Waals surface area contributed by atoms with Crippen molar-refractivity contribution in [1.82, 2.24) is 4.90 Å². The molecule has 0 radical (unpaired) electrons. The van der Waals surface area contributed by atoms with Gasteiger partial charge in [-0.15, -0.1) is 11.8 Å². The van der Waals surface area contributed by atoms with Crippen molar-refractivity contribution in [3.05, 3.63) is 10.4 Å². The molecule has 2 aliphatic rings. The SMILES string of the molecule is CS(=O)(=O)/C=C1\SC[C@@H]2CCCN12. The number of fused-ring (bicyclic) bond motifs is 1. The molecule has 0 aromatic heterocycles. The predicted molar refractivity (Wildman–Crippen MR) is 55.1 cm³/mol. The Bertz CT molecular complexity index is 334.